The van der Waals surface area contributed by atoms with E-state index >= 15 is 0 Å². The van der Waals surface area contributed by atoms with Crippen LogP contribution < -0.4 is 10.9 Å². The van der Waals surface area contributed by atoms with Crippen molar-refractivity contribution in [3.63, 3.8) is 0 Å². The van der Waals surface area contributed by atoms with Crippen LogP contribution in [0.4, 0.5) is 10.1 Å². The Morgan fingerprint density at radius 2 is 1.61 bits per heavy atom. The number of hydrogen-bond donors (Lipinski definition) is 2. The molecule has 4 N–H and O–H groups in total. The maximum absolute atomic E-state index is 14.0. The molecule has 0 unspecified atom stereocenters. The highest BCUT2D eigenvalue weighted by Crippen LogP contribution is 2.32. The second kappa shape index (κ2) is 4.40. The Balaban J connectivity index is 2.84. The third-order valence-corrected chi connectivity index (χ3v) is 3.46. The Morgan fingerprint density at radius 3 is 2.17 bits per heavy atom. The molecule has 0 heterocycles. The first-order valence-electron chi connectivity index (χ1n) is 5.07. The second-order valence-electron chi connectivity index (χ2n) is 3.75. The highest BCUT2D eigenvalue weighted by Gasteiger charge is 2.20. The van der Waals surface area contributed by atoms with Gasteiger partial charge < -0.3 is 5.73 Å². The third kappa shape index (κ3) is 2.20. The van der Waals surface area contributed by atoms with Gasteiger partial charge in [-0.1, -0.05) is 30.3 Å². The first-order chi connectivity index (χ1) is 8.41. The van der Waals surface area contributed by atoms with E-state index in [0.717, 1.165) is 0 Å². The first-order valence-corrected chi connectivity index (χ1v) is 6.62. The van der Waals surface area contributed by atoms with Gasteiger partial charge in [0.1, 0.15) is 0 Å². The topological polar surface area (TPSA) is 86.2 Å². The van der Waals surface area contributed by atoms with Gasteiger partial charge in [0.05, 0.1) is 10.6 Å². The molecule has 0 saturated heterocycles. The summed E-state index contributed by atoms with van der Waals surface area (Å²) in [6.45, 7) is 0. The van der Waals surface area contributed by atoms with Crippen molar-refractivity contribution in [1.29, 1.82) is 0 Å². The lowest BCUT2D eigenvalue weighted by Gasteiger charge is -2.10. The molecule has 0 spiro atoms. The molecule has 0 fully saturated rings. The molecule has 0 aromatic heterocycles. The number of sulfonamides is 1. The molecule has 0 saturated carbocycles. The van der Waals surface area contributed by atoms with Gasteiger partial charge in [0.2, 0.25) is 10.0 Å². The molecule has 94 valence electrons. The maximum Gasteiger partial charge on any atom is 0.238 e. The Hall–Kier alpha value is -1.92. The molecule has 2 rings (SSSR count). The standard InChI is InChI=1S/C12H11FN2O2S/c13-12-9(14)6-7-10(18(15,16)17)11(12)8-4-2-1-3-5-8/h1-7H,14H2,(H2,15,16,17). The molecule has 0 bridgehead atoms. The lowest BCUT2D eigenvalue weighted by Crippen LogP contribution is -2.14. The van der Waals surface area contributed by atoms with Gasteiger partial charge in [0.25, 0.3) is 0 Å². The van der Waals surface area contributed by atoms with Crippen molar-refractivity contribution in [3.8, 4) is 11.1 Å². The maximum atomic E-state index is 14.0. The number of hydrogen-bond acceptors (Lipinski definition) is 3. The Labute approximate surface area is 104 Å². The Bertz CT molecular complexity index is 685. The number of benzene rings is 2. The fraction of sp³-hybridized carbons (Fsp3) is 0. The van der Waals surface area contributed by atoms with Crippen LogP contribution in [0.1, 0.15) is 0 Å². The lowest BCUT2D eigenvalue weighted by atomic mass is 10.0. The molecule has 0 aliphatic heterocycles. The van der Waals surface area contributed by atoms with Crippen LogP contribution in [0, 0.1) is 5.82 Å². The Morgan fingerprint density at radius 1 is 1.00 bits per heavy atom. The summed E-state index contributed by atoms with van der Waals surface area (Å²) in [5.74, 6) is -0.785. The van der Waals surface area contributed by atoms with Crippen molar-refractivity contribution in [2.75, 3.05) is 5.73 Å². The molecule has 0 amide bonds. The van der Waals surface area contributed by atoms with Crippen LogP contribution in [0.3, 0.4) is 0 Å². The number of anilines is 1. The van der Waals surface area contributed by atoms with Crippen LogP contribution in [-0.2, 0) is 10.0 Å². The van der Waals surface area contributed by atoms with Gasteiger partial charge in [-0.15, -0.1) is 0 Å². The zero-order valence-electron chi connectivity index (χ0n) is 9.30. The summed E-state index contributed by atoms with van der Waals surface area (Å²) in [4.78, 5) is -0.277. The smallest absolute Gasteiger partial charge is 0.238 e. The van der Waals surface area contributed by atoms with Crippen molar-refractivity contribution >= 4 is 15.7 Å². The summed E-state index contributed by atoms with van der Waals surface area (Å²) >= 11 is 0. The highest BCUT2D eigenvalue weighted by atomic mass is 32.2. The van der Waals surface area contributed by atoms with E-state index < -0.39 is 15.8 Å². The van der Waals surface area contributed by atoms with Crippen molar-refractivity contribution < 1.29 is 12.8 Å². The molecule has 6 heteroatoms. The fourth-order valence-electron chi connectivity index (χ4n) is 1.69. The summed E-state index contributed by atoms with van der Waals surface area (Å²) in [6.07, 6.45) is 0. The predicted molar refractivity (Wildman–Crippen MR) is 67.6 cm³/mol. The number of nitrogen functional groups attached to an aromatic ring is 1. The molecule has 4 nitrogen and oxygen atoms in total. The van der Waals surface area contributed by atoms with Gasteiger partial charge in [0.15, 0.2) is 5.82 Å². The van der Waals surface area contributed by atoms with Crippen LogP contribution in [0.2, 0.25) is 0 Å². The van der Waals surface area contributed by atoms with E-state index in [1.165, 1.54) is 12.1 Å². The minimum Gasteiger partial charge on any atom is -0.396 e. The summed E-state index contributed by atoms with van der Waals surface area (Å²) in [5, 5.41) is 5.08. The lowest BCUT2D eigenvalue weighted by molar-refractivity contribution is 0.594. The number of primary sulfonamides is 1. The molecule has 0 aliphatic carbocycles. The molecular formula is C12H11FN2O2S. The number of nitrogens with two attached hydrogens (primary N) is 2. The quantitative estimate of drug-likeness (QED) is 0.811. The molecule has 0 aliphatic rings. The zero-order valence-corrected chi connectivity index (χ0v) is 10.1. The summed E-state index contributed by atoms with van der Waals surface area (Å²) in [6, 6.07) is 10.6. The van der Waals surface area contributed by atoms with Crippen LogP contribution in [-0.4, -0.2) is 8.42 Å². The van der Waals surface area contributed by atoms with Gasteiger partial charge in [-0.3, -0.25) is 0 Å². The van der Waals surface area contributed by atoms with Crippen LogP contribution in [0.25, 0.3) is 11.1 Å². The number of halogens is 1. The normalized spacial score (nSPS) is 11.4. The van der Waals surface area contributed by atoms with Crippen LogP contribution in [0.15, 0.2) is 47.4 Å². The van der Waals surface area contributed by atoms with Crippen molar-refractivity contribution in [2.45, 2.75) is 4.90 Å². The monoisotopic (exact) mass is 266 g/mol. The van der Waals surface area contributed by atoms with Crippen molar-refractivity contribution in [2.24, 2.45) is 5.14 Å². The van der Waals surface area contributed by atoms with Gasteiger partial charge in [-0.2, -0.15) is 0 Å². The minimum atomic E-state index is -4.02. The Kier molecular flexibility index (Phi) is 3.06. The molecule has 2 aromatic carbocycles. The minimum absolute atomic E-state index is 0.0990. The third-order valence-electron chi connectivity index (χ3n) is 2.50. The predicted octanol–water partition coefficient (Wildman–Crippen LogP) is 1.72. The van der Waals surface area contributed by atoms with E-state index in [1.807, 2.05) is 0 Å². The zero-order chi connectivity index (χ0) is 13.3. The summed E-state index contributed by atoms with van der Waals surface area (Å²) in [7, 11) is -4.02. The highest BCUT2D eigenvalue weighted by molar-refractivity contribution is 7.89. The van der Waals surface area contributed by atoms with Crippen LogP contribution in [0.5, 0.6) is 0 Å². The molecule has 0 radical (unpaired) electrons. The van der Waals surface area contributed by atoms with Gasteiger partial charge in [0, 0.05) is 5.56 Å². The van der Waals surface area contributed by atoms with Gasteiger partial charge >= 0.3 is 0 Å². The van der Waals surface area contributed by atoms with E-state index in [-0.39, 0.29) is 16.1 Å². The first kappa shape index (κ1) is 12.5. The molecule has 0 atom stereocenters. The van der Waals surface area contributed by atoms with Crippen molar-refractivity contribution in [3.05, 3.63) is 48.3 Å². The SMILES string of the molecule is Nc1ccc(S(N)(=O)=O)c(-c2ccccc2)c1F. The van der Waals surface area contributed by atoms with Gasteiger partial charge in [-0.25, -0.2) is 17.9 Å². The fourth-order valence-corrected chi connectivity index (χ4v) is 2.44. The average Bonchev–Trinajstić information content (AvgIpc) is 2.32. The molecule has 2 aromatic rings. The van der Waals surface area contributed by atoms with E-state index in [9.17, 15) is 12.8 Å². The second-order valence-corrected chi connectivity index (χ2v) is 5.28. The van der Waals surface area contributed by atoms with E-state index in [1.54, 1.807) is 30.3 Å². The number of rotatable bonds is 2. The van der Waals surface area contributed by atoms with Gasteiger partial charge in [-0.05, 0) is 17.7 Å². The van der Waals surface area contributed by atoms with E-state index in [0.29, 0.717) is 5.56 Å². The molecular weight excluding hydrogens is 255 g/mol. The largest absolute Gasteiger partial charge is 0.396 e. The van der Waals surface area contributed by atoms with Crippen LogP contribution >= 0.6 is 0 Å². The summed E-state index contributed by atoms with van der Waals surface area (Å²) in [5.41, 5.74) is 5.65. The summed E-state index contributed by atoms with van der Waals surface area (Å²) < 4.78 is 37.0. The average molecular weight is 266 g/mol. The molecule has 18 heavy (non-hydrogen) atoms. The van der Waals surface area contributed by atoms with E-state index in [4.69, 9.17) is 10.9 Å². The van der Waals surface area contributed by atoms with Crippen molar-refractivity contribution in [1.82, 2.24) is 0 Å². The van der Waals surface area contributed by atoms with E-state index in [2.05, 4.69) is 0 Å².